The zero-order valence-electron chi connectivity index (χ0n) is 13.2. The molecule has 116 valence electrons. The molecule has 2 rings (SSSR count). The second-order valence-electron chi connectivity index (χ2n) is 5.33. The van der Waals surface area contributed by atoms with Crippen LogP contribution < -0.4 is 10.6 Å². The first-order valence-corrected chi connectivity index (χ1v) is 7.77. The minimum atomic E-state index is -0.0688. The Labute approximate surface area is 136 Å². The van der Waals surface area contributed by atoms with Gasteiger partial charge in [0.1, 0.15) is 0 Å². The molecule has 0 heterocycles. The average molecular weight is 317 g/mol. The number of benzene rings is 2. The van der Waals surface area contributed by atoms with E-state index in [1.165, 1.54) is 0 Å². The number of hydrogen-bond donors (Lipinski definition) is 2. The molecular formula is C18H21ClN2O. The van der Waals surface area contributed by atoms with Crippen molar-refractivity contribution >= 4 is 28.9 Å². The molecule has 22 heavy (non-hydrogen) atoms. The lowest BCUT2D eigenvalue weighted by Crippen LogP contribution is -2.22. The Balaban J connectivity index is 2.00. The summed E-state index contributed by atoms with van der Waals surface area (Å²) in [6.45, 7) is 6.24. The smallest absolute Gasteiger partial charge is 0.243 e. The Kier molecular flexibility index (Phi) is 5.45. The third kappa shape index (κ3) is 4.01. The highest BCUT2D eigenvalue weighted by atomic mass is 35.5. The first kappa shape index (κ1) is 16.4. The third-order valence-electron chi connectivity index (χ3n) is 3.63. The highest BCUT2D eigenvalue weighted by Gasteiger charge is 2.08. The Morgan fingerprint density at radius 3 is 2.59 bits per heavy atom. The molecule has 1 amide bonds. The lowest BCUT2D eigenvalue weighted by atomic mass is 10.1. The fourth-order valence-corrected chi connectivity index (χ4v) is 2.45. The molecule has 4 heteroatoms. The van der Waals surface area contributed by atoms with Gasteiger partial charge in [-0.25, -0.2) is 0 Å². The largest absolute Gasteiger partial charge is 0.376 e. The lowest BCUT2D eigenvalue weighted by Gasteiger charge is -2.14. The Hall–Kier alpha value is -2.00. The number of rotatable bonds is 5. The molecule has 0 spiro atoms. The zero-order chi connectivity index (χ0) is 16.1. The van der Waals surface area contributed by atoms with Crippen LogP contribution in [0, 0.1) is 13.8 Å². The van der Waals surface area contributed by atoms with Gasteiger partial charge in [0.15, 0.2) is 0 Å². The van der Waals surface area contributed by atoms with Crippen molar-refractivity contribution in [3.63, 3.8) is 0 Å². The van der Waals surface area contributed by atoms with Gasteiger partial charge < -0.3 is 10.6 Å². The molecule has 0 saturated carbocycles. The molecule has 0 atom stereocenters. The summed E-state index contributed by atoms with van der Waals surface area (Å²) >= 11 is 6.08. The van der Waals surface area contributed by atoms with Crippen LogP contribution in [-0.2, 0) is 11.2 Å². The minimum absolute atomic E-state index is 0.0688. The van der Waals surface area contributed by atoms with Gasteiger partial charge >= 0.3 is 0 Å². The normalized spacial score (nSPS) is 10.4. The van der Waals surface area contributed by atoms with E-state index in [1.54, 1.807) is 0 Å². The number of nitrogens with one attached hydrogen (secondary N) is 2. The van der Waals surface area contributed by atoms with Gasteiger partial charge in [0.2, 0.25) is 5.91 Å². The monoisotopic (exact) mass is 316 g/mol. The maximum absolute atomic E-state index is 12.2. The van der Waals surface area contributed by atoms with Crippen LogP contribution in [0.2, 0.25) is 5.02 Å². The predicted molar refractivity (Wildman–Crippen MR) is 93.9 cm³/mol. The average Bonchev–Trinajstić information content (AvgIpc) is 2.50. The molecule has 0 fully saturated rings. The van der Waals surface area contributed by atoms with Gasteiger partial charge in [-0.15, -0.1) is 0 Å². The quantitative estimate of drug-likeness (QED) is 0.848. The van der Waals surface area contributed by atoms with Crippen molar-refractivity contribution < 1.29 is 4.79 Å². The van der Waals surface area contributed by atoms with Crippen LogP contribution in [-0.4, -0.2) is 12.5 Å². The van der Waals surface area contributed by atoms with Crippen molar-refractivity contribution in [1.29, 1.82) is 0 Å². The van der Waals surface area contributed by atoms with Crippen LogP contribution in [0.5, 0.6) is 0 Å². The van der Waals surface area contributed by atoms with Gasteiger partial charge in [-0.05, 0) is 49.1 Å². The van der Waals surface area contributed by atoms with Crippen molar-refractivity contribution in [1.82, 2.24) is 0 Å². The standard InChI is InChI=1S/C18H21ClN2O/c1-4-14-7-5-6-13(3)18(14)21-17(22)11-20-15-9-8-12(2)16(19)10-15/h5-10,20H,4,11H2,1-3H3,(H,21,22). The van der Waals surface area contributed by atoms with E-state index in [0.717, 1.165) is 34.5 Å². The van der Waals surface area contributed by atoms with Crippen LogP contribution in [0.25, 0.3) is 0 Å². The first-order chi connectivity index (χ1) is 10.5. The summed E-state index contributed by atoms with van der Waals surface area (Å²) in [5, 5.41) is 6.78. The zero-order valence-corrected chi connectivity index (χ0v) is 13.9. The van der Waals surface area contributed by atoms with Gasteiger partial charge in [0, 0.05) is 16.4 Å². The molecule has 0 bridgehead atoms. The van der Waals surface area contributed by atoms with E-state index >= 15 is 0 Å². The Morgan fingerprint density at radius 2 is 1.91 bits per heavy atom. The summed E-state index contributed by atoms with van der Waals surface area (Å²) in [6.07, 6.45) is 0.887. The summed E-state index contributed by atoms with van der Waals surface area (Å²) in [6, 6.07) is 11.7. The fraction of sp³-hybridized carbons (Fsp3) is 0.278. The van der Waals surface area contributed by atoms with E-state index in [4.69, 9.17) is 11.6 Å². The van der Waals surface area contributed by atoms with Crippen LogP contribution in [0.15, 0.2) is 36.4 Å². The van der Waals surface area contributed by atoms with Crippen molar-refractivity contribution in [3.05, 3.63) is 58.1 Å². The number of amides is 1. The molecule has 0 aromatic heterocycles. The van der Waals surface area contributed by atoms with Crippen molar-refractivity contribution in [2.24, 2.45) is 0 Å². The maximum Gasteiger partial charge on any atom is 0.243 e. The maximum atomic E-state index is 12.2. The topological polar surface area (TPSA) is 41.1 Å². The second-order valence-corrected chi connectivity index (χ2v) is 5.74. The molecule has 0 aliphatic rings. The summed E-state index contributed by atoms with van der Waals surface area (Å²) in [7, 11) is 0. The van der Waals surface area contributed by atoms with Crippen molar-refractivity contribution in [2.45, 2.75) is 27.2 Å². The molecule has 0 saturated heterocycles. The van der Waals surface area contributed by atoms with Gasteiger partial charge in [-0.1, -0.05) is 42.8 Å². The number of para-hydroxylation sites is 1. The Bertz CT molecular complexity index is 683. The van der Waals surface area contributed by atoms with E-state index in [-0.39, 0.29) is 12.5 Å². The molecular weight excluding hydrogens is 296 g/mol. The van der Waals surface area contributed by atoms with Gasteiger partial charge in [-0.2, -0.15) is 0 Å². The SMILES string of the molecule is CCc1cccc(C)c1NC(=O)CNc1ccc(C)c(Cl)c1. The number of anilines is 2. The van der Waals surface area contributed by atoms with E-state index in [1.807, 2.05) is 50.2 Å². The van der Waals surface area contributed by atoms with Crippen molar-refractivity contribution in [3.8, 4) is 0 Å². The number of aryl methyl sites for hydroxylation is 3. The minimum Gasteiger partial charge on any atom is -0.376 e. The van der Waals surface area contributed by atoms with Crippen LogP contribution in [0.4, 0.5) is 11.4 Å². The third-order valence-corrected chi connectivity index (χ3v) is 4.04. The first-order valence-electron chi connectivity index (χ1n) is 7.39. The Morgan fingerprint density at radius 1 is 1.14 bits per heavy atom. The molecule has 0 aliphatic carbocycles. The highest BCUT2D eigenvalue weighted by molar-refractivity contribution is 6.31. The fourth-order valence-electron chi connectivity index (χ4n) is 2.27. The van der Waals surface area contributed by atoms with E-state index in [9.17, 15) is 4.79 Å². The predicted octanol–water partition coefficient (Wildman–Crippen LogP) is 4.57. The molecule has 0 aliphatic heterocycles. The van der Waals surface area contributed by atoms with Crippen LogP contribution in [0.3, 0.4) is 0 Å². The van der Waals surface area contributed by atoms with Gasteiger partial charge in [0.25, 0.3) is 0 Å². The van der Waals surface area contributed by atoms with Crippen LogP contribution in [0.1, 0.15) is 23.6 Å². The van der Waals surface area contributed by atoms with Crippen LogP contribution >= 0.6 is 11.6 Å². The summed E-state index contributed by atoms with van der Waals surface area (Å²) in [5.74, 6) is -0.0688. The number of hydrogen-bond acceptors (Lipinski definition) is 2. The molecule has 0 unspecified atom stereocenters. The van der Waals surface area contributed by atoms with Gasteiger partial charge in [-0.3, -0.25) is 4.79 Å². The van der Waals surface area contributed by atoms with Crippen molar-refractivity contribution in [2.75, 3.05) is 17.2 Å². The van der Waals surface area contributed by atoms with E-state index < -0.39 is 0 Å². The summed E-state index contributed by atoms with van der Waals surface area (Å²) in [5.41, 5.74) is 4.99. The second kappa shape index (κ2) is 7.32. The number of carbonyl (C=O) groups is 1. The van der Waals surface area contributed by atoms with Gasteiger partial charge in [0.05, 0.1) is 6.54 Å². The molecule has 2 aromatic rings. The molecule has 3 nitrogen and oxygen atoms in total. The lowest BCUT2D eigenvalue weighted by molar-refractivity contribution is -0.114. The van der Waals surface area contributed by atoms with E-state index in [2.05, 4.69) is 17.6 Å². The molecule has 2 N–H and O–H groups in total. The summed E-state index contributed by atoms with van der Waals surface area (Å²) < 4.78 is 0. The van der Waals surface area contributed by atoms with E-state index in [0.29, 0.717) is 5.02 Å². The highest BCUT2D eigenvalue weighted by Crippen LogP contribution is 2.22. The summed E-state index contributed by atoms with van der Waals surface area (Å²) in [4.78, 5) is 12.2. The number of carbonyl (C=O) groups excluding carboxylic acids is 1. The molecule has 2 aromatic carbocycles. The number of halogens is 1. The molecule has 0 radical (unpaired) electrons.